The SMILES string of the molecule is Cn1nccc1-c1ccc2c(c1)c(-c1cncc(OC3CN(C(=O)O)CCC34CC4)n1)nn2C1CCCCO1. The Morgan fingerprint density at radius 1 is 1.18 bits per heavy atom. The molecule has 2 unspecified atom stereocenters. The first-order valence-corrected chi connectivity index (χ1v) is 13.6. The van der Waals surface area contributed by atoms with Crippen molar-refractivity contribution in [2.45, 2.75) is 50.9 Å². The molecule has 1 N–H and O–H groups in total. The maximum atomic E-state index is 11.6. The van der Waals surface area contributed by atoms with Crippen molar-refractivity contribution in [1.29, 1.82) is 0 Å². The number of fused-ring (bicyclic) bond motifs is 1. The van der Waals surface area contributed by atoms with E-state index in [2.05, 4.69) is 28.3 Å². The predicted molar refractivity (Wildman–Crippen MR) is 142 cm³/mol. The molecule has 202 valence electrons. The van der Waals surface area contributed by atoms with Crippen LogP contribution < -0.4 is 4.74 Å². The highest BCUT2D eigenvalue weighted by Gasteiger charge is 2.54. The number of carbonyl (C=O) groups is 1. The molecule has 1 aliphatic carbocycles. The molecule has 3 fully saturated rings. The van der Waals surface area contributed by atoms with Gasteiger partial charge in [-0.3, -0.25) is 9.67 Å². The minimum Gasteiger partial charge on any atom is -0.471 e. The molecule has 0 bridgehead atoms. The van der Waals surface area contributed by atoms with Gasteiger partial charge in [0.05, 0.1) is 30.1 Å². The number of ether oxygens (including phenoxy) is 2. The van der Waals surface area contributed by atoms with Gasteiger partial charge >= 0.3 is 6.09 Å². The number of likely N-dealkylation sites (tertiary alicyclic amines) is 1. The molecule has 2 atom stereocenters. The minimum absolute atomic E-state index is 0.0359. The summed E-state index contributed by atoms with van der Waals surface area (Å²) in [5, 5.41) is 19.8. The van der Waals surface area contributed by atoms with Gasteiger partial charge in [-0.1, -0.05) is 6.07 Å². The van der Waals surface area contributed by atoms with E-state index in [0.717, 1.165) is 60.7 Å². The van der Waals surface area contributed by atoms with Crippen molar-refractivity contribution in [2.24, 2.45) is 12.5 Å². The molecule has 4 aromatic rings. The molecule has 2 saturated heterocycles. The number of piperidine rings is 1. The molecule has 3 aliphatic rings. The van der Waals surface area contributed by atoms with Crippen molar-refractivity contribution in [1.82, 2.24) is 34.4 Å². The number of hydrogen-bond donors (Lipinski definition) is 1. The van der Waals surface area contributed by atoms with Gasteiger partial charge in [-0.25, -0.2) is 14.5 Å². The Bertz CT molecular complexity index is 1540. The fourth-order valence-electron chi connectivity index (χ4n) is 6.02. The van der Waals surface area contributed by atoms with Gasteiger partial charge in [0.2, 0.25) is 5.88 Å². The topological polar surface area (TPSA) is 120 Å². The van der Waals surface area contributed by atoms with Gasteiger partial charge < -0.3 is 19.5 Å². The second-order valence-electron chi connectivity index (χ2n) is 10.9. The number of aryl methyl sites for hydroxylation is 1. The summed E-state index contributed by atoms with van der Waals surface area (Å²) in [7, 11) is 1.93. The monoisotopic (exact) mass is 529 g/mol. The fourth-order valence-corrected chi connectivity index (χ4v) is 6.02. The van der Waals surface area contributed by atoms with E-state index in [1.54, 1.807) is 18.6 Å². The van der Waals surface area contributed by atoms with Crippen LogP contribution in [0.1, 0.15) is 44.8 Å². The lowest BCUT2D eigenvalue weighted by Gasteiger charge is -2.37. The number of carboxylic acid groups (broad SMARTS) is 1. The summed E-state index contributed by atoms with van der Waals surface area (Å²) in [5.41, 5.74) is 4.34. The first kappa shape index (κ1) is 24.1. The molecule has 39 heavy (non-hydrogen) atoms. The molecular weight excluding hydrogens is 498 g/mol. The third kappa shape index (κ3) is 4.30. The smallest absolute Gasteiger partial charge is 0.407 e. The normalized spacial score (nSPS) is 22.3. The van der Waals surface area contributed by atoms with Gasteiger partial charge in [-0.2, -0.15) is 10.2 Å². The molecule has 3 aromatic heterocycles. The van der Waals surface area contributed by atoms with Crippen molar-refractivity contribution in [3.8, 4) is 28.5 Å². The highest BCUT2D eigenvalue weighted by Crippen LogP contribution is 2.54. The van der Waals surface area contributed by atoms with Crippen LogP contribution in [-0.2, 0) is 11.8 Å². The molecule has 2 aliphatic heterocycles. The molecule has 1 spiro atoms. The highest BCUT2D eigenvalue weighted by molar-refractivity contribution is 5.95. The Morgan fingerprint density at radius 3 is 2.82 bits per heavy atom. The maximum Gasteiger partial charge on any atom is 0.407 e. The quantitative estimate of drug-likeness (QED) is 0.401. The van der Waals surface area contributed by atoms with Crippen molar-refractivity contribution < 1.29 is 19.4 Å². The van der Waals surface area contributed by atoms with Crippen LogP contribution in [0.15, 0.2) is 42.9 Å². The number of amides is 1. The second kappa shape index (κ2) is 9.33. The van der Waals surface area contributed by atoms with Crippen LogP contribution in [0, 0.1) is 5.41 Å². The third-order valence-electron chi connectivity index (χ3n) is 8.48. The summed E-state index contributed by atoms with van der Waals surface area (Å²) in [6.45, 7) is 1.60. The van der Waals surface area contributed by atoms with Crippen LogP contribution in [0.2, 0.25) is 0 Å². The van der Waals surface area contributed by atoms with Gasteiger partial charge in [-0.05, 0) is 56.7 Å². The van der Waals surface area contributed by atoms with Gasteiger partial charge in [-0.15, -0.1) is 0 Å². The Morgan fingerprint density at radius 2 is 2.08 bits per heavy atom. The summed E-state index contributed by atoms with van der Waals surface area (Å²) < 4.78 is 16.3. The zero-order valence-corrected chi connectivity index (χ0v) is 21.9. The first-order valence-electron chi connectivity index (χ1n) is 13.6. The lowest BCUT2D eigenvalue weighted by molar-refractivity contribution is -0.0365. The molecule has 1 amide bonds. The predicted octanol–water partition coefficient (Wildman–Crippen LogP) is 4.50. The molecule has 5 heterocycles. The van der Waals surface area contributed by atoms with Gasteiger partial charge in [0.15, 0.2) is 6.23 Å². The van der Waals surface area contributed by atoms with Crippen LogP contribution in [0.4, 0.5) is 4.79 Å². The Hall–Kier alpha value is -3.99. The number of hydrogen-bond acceptors (Lipinski definition) is 7. The van der Waals surface area contributed by atoms with Crippen LogP contribution in [-0.4, -0.2) is 71.4 Å². The first-order chi connectivity index (χ1) is 19.0. The van der Waals surface area contributed by atoms with Crippen LogP contribution >= 0.6 is 0 Å². The Balaban J connectivity index is 1.27. The van der Waals surface area contributed by atoms with Gasteiger partial charge in [0.1, 0.15) is 17.5 Å². The lowest BCUT2D eigenvalue weighted by Crippen LogP contribution is -2.49. The average Bonchev–Trinajstić information content (AvgIpc) is 3.43. The van der Waals surface area contributed by atoms with E-state index < -0.39 is 6.09 Å². The second-order valence-corrected chi connectivity index (χ2v) is 10.9. The molecule has 11 nitrogen and oxygen atoms in total. The minimum atomic E-state index is -0.912. The number of aromatic nitrogens is 6. The molecule has 11 heteroatoms. The van der Waals surface area contributed by atoms with Crippen LogP contribution in [0.25, 0.3) is 33.5 Å². The van der Waals surface area contributed by atoms with E-state index in [-0.39, 0.29) is 17.7 Å². The Kier molecular flexibility index (Phi) is 5.76. The van der Waals surface area contributed by atoms with Crippen LogP contribution in [0.5, 0.6) is 5.88 Å². The van der Waals surface area contributed by atoms with Crippen LogP contribution in [0.3, 0.4) is 0 Å². The third-order valence-corrected chi connectivity index (χ3v) is 8.48. The standard InChI is InChI=1S/C28H31N7O4/c1-33-21(7-11-30-33)18-5-6-22-19(14-18)26(32-35(22)25-4-2-3-13-38-25)20-15-29-16-24(31-20)39-23-17-34(27(36)37)12-10-28(23)8-9-28/h5-7,11,14-16,23,25H,2-4,8-10,12-13,17H2,1H3,(H,36,37). The van der Waals surface area contributed by atoms with Gasteiger partial charge in [0.25, 0.3) is 0 Å². The lowest BCUT2D eigenvalue weighted by atomic mass is 9.90. The largest absolute Gasteiger partial charge is 0.471 e. The van der Waals surface area contributed by atoms with E-state index in [1.807, 2.05) is 22.5 Å². The van der Waals surface area contributed by atoms with Crippen molar-refractivity contribution in [3.05, 3.63) is 42.9 Å². The summed E-state index contributed by atoms with van der Waals surface area (Å²) >= 11 is 0. The fraction of sp³-hybridized carbons (Fsp3) is 0.464. The van der Waals surface area contributed by atoms with E-state index in [0.29, 0.717) is 37.0 Å². The van der Waals surface area contributed by atoms with E-state index in [4.69, 9.17) is 19.6 Å². The summed E-state index contributed by atoms with van der Waals surface area (Å²) in [6.07, 6.45) is 9.75. The zero-order chi connectivity index (χ0) is 26.6. The number of benzene rings is 1. The van der Waals surface area contributed by atoms with Crippen molar-refractivity contribution in [3.63, 3.8) is 0 Å². The number of rotatable bonds is 5. The average molecular weight is 530 g/mol. The highest BCUT2D eigenvalue weighted by atomic mass is 16.5. The molecule has 1 saturated carbocycles. The summed E-state index contributed by atoms with van der Waals surface area (Å²) in [4.78, 5) is 22.4. The summed E-state index contributed by atoms with van der Waals surface area (Å²) in [5.74, 6) is 0.385. The van der Waals surface area contributed by atoms with E-state index >= 15 is 0 Å². The van der Waals surface area contributed by atoms with Crippen molar-refractivity contribution >= 4 is 17.0 Å². The number of nitrogens with zero attached hydrogens (tertiary/aromatic N) is 7. The molecule has 7 rings (SSSR count). The van der Waals surface area contributed by atoms with Crippen molar-refractivity contribution in [2.75, 3.05) is 19.7 Å². The van der Waals surface area contributed by atoms with Gasteiger partial charge in [0, 0.05) is 42.8 Å². The van der Waals surface area contributed by atoms with E-state index in [1.165, 1.54) is 4.90 Å². The maximum absolute atomic E-state index is 11.6. The molecular formula is C28H31N7O4. The molecule has 0 radical (unpaired) electrons. The zero-order valence-electron chi connectivity index (χ0n) is 21.9. The van der Waals surface area contributed by atoms with E-state index in [9.17, 15) is 9.90 Å². The Labute approximate surface area is 225 Å². The summed E-state index contributed by atoms with van der Waals surface area (Å²) in [6, 6.07) is 8.28. The molecule has 1 aromatic carbocycles.